The molecule has 0 amide bonds. The van der Waals surface area contributed by atoms with Crippen molar-refractivity contribution < 1.29 is 0 Å². The van der Waals surface area contributed by atoms with E-state index in [1.807, 2.05) is 0 Å². The Morgan fingerprint density at radius 1 is 1.14 bits per heavy atom. The summed E-state index contributed by atoms with van der Waals surface area (Å²) in [6.07, 6.45) is 0. The van der Waals surface area contributed by atoms with Crippen molar-refractivity contribution in [3.05, 3.63) is 64.2 Å². The van der Waals surface area contributed by atoms with Crippen LogP contribution in [0.25, 0.3) is 10.2 Å². The Hall–Kier alpha value is -1.71. The molecule has 3 rings (SSSR count). The second-order valence-electron chi connectivity index (χ2n) is 6.04. The number of hydrogen-bond acceptors (Lipinski definition) is 3. The van der Waals surface area contributed by atoms with Crippen LogP contribution in [0.3, 0.4) is 0 Å². The van der Waals surface area contributed by atoms with E-state index in [2.05, 4.69) is 75.2 Å². The molecule has 0 aliphatic heterocycles. The molecule has 0 saturated carbocycles. The summed E-state index contributed by atoms with van der Waals surface area (Å²) in [6, 6.07) is 15.4. The quantitative estimate of drug-likeness (QED) is 0.666. The minimum absolute atomic E-state index is 0.317. The minimum Gasteiger partial charge on any atom is -0.293 e. The van der Waals surface area contributed by atoms with Crippen molar-refractivity contribution in [2.75, 3.05) is 7.05 Å². The fourth-order valence-corrected chi connectivity index (χ4v) is 3.72. The van der Waals surface area contributed by atoms with Gasteiger partial charge >= 0.3 is 0 Å². The Morgan fingerprint density at radius 2 is 1.91 bits per heavy atom. The first kappa shape index (κ1) is 15.2. The van der Waals surface area contributed by atoms with Crippen LogP contribution in [0, 0.1) is 13.8 Å². The van der Waals surface area contributed by atoms with Gasteiger partial charge in [-0.1, -0.05) is 35.9 Å². The highest BCUT2D eigenvalue weighted by Gasteiger charge is 2.17. The molecule has 0 unspecified atom stereocenters. The minimum atomic E-state index is 0.317. The summed E-state index contributed by atoms with van der Waals surface area (Å²) in [4.78, 5) is 7.17. The van der Waals surface area contributed by atoms with E-state index in [9.17, 15) is 0 Å². The van der Waals surface area contributed by atoms with Gasteiger partial charge in [0.25, 0.3) is 0 Å². The molecule has 1 atom stereocenters. The van der Waals surface area contributed by atoms with E-state index >= 15 is 0 Å². The molecule has 0 spiro atoms. The normalized spacial score (nSPS) is 13.0. The molecule has 0 fully saturated rings. The molecule has 2 aromatic carbocycles. The van der Waals surface area contributed by atoms with Crippen molar-refractivity contribution in [2.45, 2.75) is 33.4 Å². The highest BCUT2D eigenvalue weighted by molar-refractivity contribution is 7.18. The number of nitrogens with zero attached hydrogens (tertiary/aromatic N) is 2. The highest BCUT2D eigenvalue weighted by Crippen LogP contribution is 2.29. The highest BCUT2D eigenvalue weighted by atomic mass is 32.1. The van der Waals surface area contributed by atoms with Gasteiger partial charge in [0.2, 0.25) is 0 Å². The van der Waals surface area contributed by atoms with Crippen LogP contribution in [-0.4, -0.2) is 16.9 Å². The topological polar surface area (TPSA) is 16.1 Å². The molecule has 114 valence electrons. The first-order valence-electron chi connectivity index (χ1n) is 7.66. The number of benzene rings is 2. The molecule has 0 radical (unpaired) electrons. The third-order valence-corrected chi connectivity index (χ3v) is 5.46. The van der Waals surface area contributed by atoms with Crippen LogP contribution >= 0.6 is 11.3 Å². The van der Waals surface area contributed by atoms with Gasteiger partial charge in [-0.25, -0.2) is 4.98 Å². The maximum atomic E-state index is 4.79. The monoisotopic (exact) mass is 310 g/mol. The lowest BCUT2D eigenvalue weighted by Crippen LogP contribution is -2.22. The number of thiazole rings is 1. The summed E-state index contributed by atoms with van der Waals surface area (Å²) >= 11 is 1.80. The van der Waals surface area contributed by atoms with Crippen LogP contribution in [0.15, 0.2) is 42.5 Å². The molecule has 22 heavy (non-hydrogen) atoms. The Labute approximate surface area is 136 Å². The fourth-order valence-electron chi connectivity index (χ4n) is 2.63. The maximum Gasteiger partial charge on any atom is 0.111 e. The summed E-state index contributed by atoms with van der Waals surface area (Å²) in [7, 11) is 2.18. The van der Waals surface area contributed by atoms with E-state index in [0.717, 1.165) is 12.1 Å². The zero-order valence-electron chi connectivity index (χ0n) is 13.6. The summed E-state index contributed by atoms with van der Waals surface area (Å²) in [6.45, 7) is 7.53. The number of aromatic nitrogens is 1. The number of para-hydroxylation sites is 1. The predicted octanol–water partition coefficient (Wildman–Crippen LogP) is 5.11. The van der Waals surface area contributed by atoms with Gasteiger partial charge in [-0.15, -0.1) is 11.3 Å². The third kappa shape index (κ3) is 3.06. The molecule has 3 heteroatoms. The smallest absolute Gasteiger partial charge is 0.111 e. The summed E-state index contributed by atoms with van der Waals surface area (Å²) in [5.74, 6) is 0. The second-order valence-corrected chi connectivity index (χ2v) is 7.10. The molecule has 0 aliphatic rings. The average molecular weight is 310 g/mol. The number of rotatable bonds is 4. The van der Waals surface area contributed by atoms with E-state index in [0.29, 0.717) is 6.04 Å². The van der Waals surface area contributed by atoms with Crippen LogP contribution in [-0.2, 0) is 6.54 Å². The average Bonchev–Trinajstić information content (AvgIpc) is 2.94. The molecule has 3 aromatic rings. The van der Waals surface area contributed by atoms with Crippen molar-refractivity contribution in [1.29, 1.82) is 0 Å². The number of hydrogen-bond donors (Lipinski definition) is 0. The molecular formula is C19H22N2S. The molecule has 2 nitrogen and oxygen atoms in total. The Bertz CT molecular complexity index is 758. The van der Waals surface area contributed by atoms with E-state index in [4.69, 9.17) is 4.98 Å². The first-order chi connectivity index (χ1) is 10.5. The SMILES string of the molecule is Cc1ccc(C)c(CN(C)[C@@H](C)c2nc3ccccc3s2)c1. The van der Waals surface area contributed by atoms with Crippen molar-refractivity contribution in [2.24, 2.45) is 0 Å². The van der Waals surface area contributed by atoms with Gasteiger partial charge in [0.1, 0.15) is 5.01 Å². The van der Waals surface area contributed by atoms with Crippen LogP contribution in [0.1, 0.15) is 34.7 Å². The van der Waals surface area contributed by atoms with Crippen molar-refractivity contribution in [3.8, 4) is 0 Å². The van der Waals surface area contributed by atoms with Gasteiger partial charge in [0.15, 0.2) is 0 Å². The Balaban J connectivity index is 1.81. The molecule has 1 aromatic heterocycles. The van der Waals surface area contributed by atoms with Gasteiger partial charge in [-0.2, -0.15) is 0 Å². The zero-order chi connectivity index (χ0) is 15.7. The largest absolute Gasteiger partial charge is 0.293 e. The standard InChI is InChI=1S/C19H22N2S/c1-13-9-10-14(2)16(11-13)12-21(4)15(3)19-20-17-7-5-6-8-18(17)22-19/h5-11,15H,12H2,1-4H3/t15-/m0/s1. The summed E-state index contributed by atoms with van der Waals surface area (Å²) in [5.41, 5.74) is 5.18. The molecular weight excluding hydrogens is 288 g/mol. The van der Waals surface area contributed by atoms with E-state index in [1.165, 1.54) is 26.4 Å². The third-order valence-electron chi connectivity index (χ3n) is 4.25. The zero-order valence-corrected chi connectivity index (χ0v) is 14.4. The fraction of sp³-hybridized carbons (Fsp3) is 0.316. The molecule has 0 N–H and O–H groups in total. The Morgan fingerprint density at radius 3 is 2.68 bits per heavy atom. The van der Waals surface area contributed by atoms with Crippen LogP contribution in [0.4, 0.5) is 0 Å². The lowest BCUT2D eigenvalue weighted by atomic mass is 10.0. The predicted molar refractivity (Wildman–Crippen MR) is 95.4 cm³/mol. The molecule has 0 saturated heterocycles. The summed E-state index contributed by atoms with van der Waals surface area (Å²) < 4.78 is 1.27. The van der Waals surface area contributed by atoms with Gasteiger partial charge in [-0.05, 0) is 51.1 Å². The molecule has 0 aliphatic carbocycles. The van der Waals surface area contributed by atoms with Gasteiger partial charge < -0.3 is 0 Å². The van der Waals surface area contributed by atoms with E-state index in [1.54, 1.807) is 11.3 Å². The van der Waals surface area contributed by atoms with E-state index < -0.39 is 0 Å². The lowest BCUT2D eigenvalue weighted by molar-refractivity contribution is 0.252. The summed E-state index contributed by atoms with van der Waals surface area (Å²) in [5, 5.41) is 1.19. The van der Waals surface area contributed by atoms with Crippen molar-refractivity contribution in [3.63, 3.8) is 0 Å². The van der Waals surface area contributed by atoms with Gasteiger partial charge in [0, 0.05) is 6.54 Å². The number of fused-ring (bicyclic) bond motifs is 1. The second kappa shape index (κ2) is 6.19. The Kier molecular flexibility index (Phi) is 4.27. The van der Waals surface area contributed by atoms with Crippen LogP contribution in [0.2, 0.25) is 0 Å². The molecule has 0 bridgehead atoms. The lowest BCUT2D eigenvalue weighted by Gasteiger charge is -2.24. The molecule has 1 heterocycles. The van der Waals surface area contributed by atoms with Crippen LogP contribution < -0.4 is 0 Å². The van der Waals surface area contributed by atoms with Crippen molar-refractivity contribution >= 4 is 21.6 Å². The first-order valence-corrected chi connectivity index (χ1v) is 8.48. The maximum absolute atomic E-state index is 4.79. The van der Waals surface area contributed by atoms with Crippen molar-refractivity contribution in [1.82, 2.24) is 9.88 Å². The van der Waals surface area contributed by atoms with Gasteiger partial charge in [0.05, 0.1) is 16.3 Å². The van der Waals surface area contributed by atoms with E-state index in [-0.39, 0.29) is 0 Å². The van der Waals surface area contributed by atoms with Gasteiger partial charge in [-0.3, -0.25) is 4.90 Å². The van der Waals surface area contributed by atoms with Crippen LogP contribution in [0.5, 0.6) is 0 Å². The number of aryl methyl sites for hydroxylation is 2.